The summed E-state index contributed by atoms with van der Waals surface area (Å²) >= 11 is 0. The molecule has 0 amide bonds. The number of rotatable bonds is 6. The molecule has 1 aromatic rings. The van der Waals surface area contributed by atoms with Crippen molar-refractivity contribution >= 4 is 10.0 Å². The van der Waals surface area contributed by atoms with Gasteiger partial charge >= 0.3 is 0 Å². The highest BCUT2D eigenvalue weighted by atomic mass is 32.2. The standard InChI is InChI=1S/C14H26N4O2S/c1-13(2)15-7-10-17-12-14(11-16-17)21(19,20)18-8-5-3-4-6-9-18/h11-13,15H,3-10H2,1-2H3. The summed E-state index contributed by atoms with van der Waals surface area (Å²) in [6, 6.07) is 0.417. The van der Waals surface area contributed by atoms with E-state index in [4.69, 9.17) is 0 Å². The summed E-state index contributed by atoms with van der Waals surface area (Å²) in [5.41, 5.74) is 0. The van der Waals surface area contributed by atoms with Crippen LogP contribution in [-0.2, 0) is 16.6 Å². The lowest BCUT2D eigenvalue weighted by molar-refractivity contribution is 0.423. The van der Waals surface area contributed by atoms with Gasteiger partial charge in [0.25, 0.3) is 0 Å². The highest BCUT2D eigenvalue weighted by Gasteiger charge is 2.26. The van der Waals surface area contributed by atoms with Gasteiger partial charge in [0, 0.05) is 31.9 Å². The maximum atomic E-state index is 12.6. The van der Waals surface area contributed by atoms with Crippen LogP contribution in [0.3, 0.4) is 0 Å². The molecule has 6 nitrogen and oxygen atoms in total. The molecule has 0 spiro atoms. The first-order chi connectivity index (χ1) is 10.00. The van der Waals surface area contributed by atoms with E-state index in [2.05, 4.69) is 24.3 Å². The predicted molar refractivity (Wildman–Crippen MR) is 82.6 cm³/mol. The van der Waals surface area contributed by atoms with Gasteiger partial charge < -0.3 is 5.32 Å². The number of nitrogens with zero attached hydrogens (tertiary/aromatic N) is 3. The first-order valence-corrected chi connectivity index (χ1v) is 9.20. The zero-order valence-corrected chi connectivity index (χ0v) is 13.8. The van der Waals surface area contributed by atoms with Crippen molar-refractivity contribution in [3.63, 3.8) is 0 Å². The SMILES string of the molecule is CC(C)NCCn1cc(S(=O)(=O)N2CCCCCC2)cn1. The van der Waals surface area contributed by atoms with Crippen LogP contribution in [0.15, 0.2) is 17.3 Å². The molecule has 1 aliphatic heterocycles. The smallest absolute Gasteiger partial charge is 0.246 e. The lowest BCUT2D eigenvalue weighted by Crippen LogP contribution is -2.31. The average molecular weight is 314 g/mol. The van der Waals surface area contributed by atoms with Gasteiger partial charge in [0.15, 0.2) is 0 Å². The monoisotopic (exact) mass is 314 g/mol. The summed E-state index contributed by atoms with van der Waals surface area (Å²) in [5.74, 6) is 0. The molecule has 7 heteroatoms. The molecule has 0 radical (unpaired) electrons. The van der Waals surface area contributed by atoms with E-state index in [-0.39, 0.29) is 0 Å². The molecular formula is C14H26N4O2S. The fourth-order valence-electron chi connectivity index (χ4n) is 2.50. The third-order valence-electron chi connectivity index (χ3n) is 3.71. The van der Waals surface area contributed by atoms with Crippen LogP contribution < -0.4 is 5.32 Å². The van der Waals surface area contributed by atoms with Crippen LogP contribution in [0.2, 0.25) is 0 Å². The largest absolute Gasteiger partial charge is 0.313 e. The van der Waals surface area contributed by atoms with Crippen molar-refractivity contribution in [2.24, 2.45) is 0 Å². The number of hydrogen-bond acceptors (Lipinski definition) is 4. The maximum absolute atomic E-state index is 12.6. The zero-order valence-electron chi connectivity index (χ0n) is 13.0. The number of aromatic nitrogens is 2. The van der Waals surface area contributed by atoms with Gasteiger partial charge in [0.1, 0.15) is 4.90 Å². The molecular weight excluding hydrogens is 288 g/mol. The highest BCUT2D eigenvalue weighted by Crippen LogP contribution is 2.19. The van der Waals surface area contributed by atoms with Crippen molar-refractivity contribution in [2.45, 2.75) is 57.0 Å². The fourth-order valence-corrected chi connectivity index (χ4v) is 3.97. The topological polar surface area (TPSA) is 67.2 Å². The van der Waals surface area contributed by atoms with Crippen LogP contribution in [0, 0.1) is 0 Å². The molecule has 21 heavy (non-hydrogen) atoms. The van der Waals surface area contributed by atoms with Gasteiger partial charge in [-0.2, -0.15) is 9.40 Å². The molecule has 2 heterocycles. The molecule has 1 aromatic heterocycles. The summed E-state index contributed by atoms with van der Waals surface area (Å²) in [4.78, 5) is 0.314. The van der Waals surface area contributed by atoms with Gasteiger partial charge in [-0.25, -0.2) is 8.42 Å². The van der Waals surface area contributed by atoms with Crippen LogP contribution in [0.5, 0.6) is 0 Å². The Morgan fingerprint density at radius 1 is 1.24 bits per heavy atom. The minimum Gasteiger partial charge on any atom is -0.313 e. The Kier molecular flexibility index (Phi) is 5.78. The van der Waals surface area contributed by atoms with E-state index in [9.17, 15) is 8.42 Å². The molecule has 1 fully saturated rings. The summed E-state index contributed by atoms with van der Waals surface area (Å²) in [6.07, 6.45) is 7.24. The van der Waals surface area contributed by atoms with E-state index in [1.807, 2.05) is 0 Å². The van der Waals surface area contributed by atoms with Crippen LogP contribution in [0.1, 0.15) is 39.5 Å². The van der Waals surface area contributed by atoms with E-state index >= 15 is 0 Å². The minimum absolute atomic E-state index is 0.314. The highest BCUT2D eigenvalue weighted by molar-refractivity contribution is 7.89. The molecule has 0 saturated carbocycles. The van der Waals surface area contributed by atoms with E-state index in [1.165, 1.54) is 6.20 Å². The lowest BCUT2D eigenvalue weighted by atomic mass is 10.2. The number of nitrogens with one attached hydrogen (secondary N) is 1. The fraction of sp³-hybridized carbons (Fsp3) is 0.786. The van der Waals surface area contributed by atoms with Crippen molar-refractivity contribution in [3.05, 3.63) is 12.4 Å². The second kappa shape index (κ2) is 7.38. The molecule has 120 valence electrons. The van der Waals surface area contributed by atoms with Gasteiger partial charge in [-0.3, -0.25) is 4.68 Å². The average Bonchev–Trinajstić information content (AvgIpc) is 2.73. The minimum atomic E-state index is -3.38. The third kappa shape index (κ3) is 4.52. The maximum Gasteiger partial charge on any atom is 0.246 e. The van der Waals surface area contributed by atoms with Crippen molar-refractivity contribution in [3.8, 4) is 0 Å². The van der Waals surface area contributed by atoms with Crippen LogP contribution >= 0.6 is 0 Å². The van der Waals surface area contributed by atoms with Crippen molar-refractivity contribution in [2.75, 3.05) is 19.6 Å². The Hall–Kier alpha value is -0.920. The normalized spacial score (nSPS) is 18.0. The Bertz CT molecular complexity index is 531. The van der Waals surface area contributed by atoms with E-state index in [0.29, 0.717) is 30.6 Å². The first kappa shape index (κ1) is 16.5. The Morgan fingerprint density at radius 2 is 1.90 bits per heavy atom. The molecule has 2 rings (SSSR count). The van der Waals surface area contributed by atoms with E-state index in [0.717, 1.165) is 32.2 Å². The van der Waals surface area contributed by atoms with Gasteiger partial charge in [-0.05, 0) is 12.8 Å². The lowest BCUT2D eigenvalue weighted by Gasteiger charge is -2.18. The van der Waals surface area contributed by atoms with Crippen molar-refractivity contribution in [1.82, 2.24) is 19.4 Å². The first-order valence-electron chi connectivity index (χ1n) is 7.76. The molecule has 1 N–H and O–H groups in total. The van der Waals surface area contributed by atoms with E-state index in [1.54, 1.807) is 15.2 Å². The molecule has 0 atom stereocenters. The second-order valence-corrected chi connectivity index (χ2v) is 7.80. The zero-order chi connectivity index (χ0) is 15.3. The number of hydrogen-bond donors (Lipinski definition) is 1. The van der Waals surface area contributed by atoms with E-state index < -0.39 is 10.0 Å². The second-order valence-electron chi connectivity index (χ2n) is 5.87. The molecule has 0 unspecified atom stereocenters. The van der Waals surface area contributed by atoms with Gasteiger partial charge in [0.05, 0.1) is 12.7 Å². The van der Waals surface area contributed by atoms with Gasteiger partial charge in [-0.1, -0.05) is 26.7 Å². The Labute approximate surface area is 127 Å². The number of sulfonamides is 1. The summed E-state index contributed by atoms with van der Waals surface area (Å²) in [6.45, 7) is 6.87. The molecule has 1 aliphatic rings. The molecule has 0 aromatic carbocycles. The summed E-state index contributed by atoms with van der Waals surface area (Å²) in [7, 11) is -3.38. The van der Waals surface area contributed by atoms with Crippen molar-refractivity contribution in [1.29, 1.82) is 0 Å². The summed E-state index contributed by atoms with van der Waals surface area (Å²) < 4.78 is 28.5. The van der Waals surface area contributed by atoms with Crippen molar-refractivity contribution < 1.29 is 8.42 Å². The third-order valence-corrected chi connectivity index (χ3v) is 5.56. The molecule has 0 bridgehead atoms. The molecule has 1 saturated heterocycles. The van der Waals surface area contributed by atoms with Crippen LogP contribution in [0.4, 0.5) is 0 Å². The molecule has 0 aliphatic carbocycles. The van der Waals surface area contributed by atoms with Crippen LogP contribution in [-0.4, -0.2) is 48.2 Å². The van der Waals surface area contributed by atoms with Gasteiger partial charge in [-0.15, -0.1) is 0 Å². The quantitative estimate of drug-likeness (QED) is 0.863. The van der Waals surface area contributed by atoms with Crippen LogP contribution in [0.25, 0.3) is 0 Å². The summed E-state index contributed by atoms with van der Waals surface area (Å²) in [5, 5.41) is 7.46. The Morgan fingerprint density at radius 3 is 2.52 bits per heavy atom. The Balaban J connectivity index is 2.01. The predicted octanol–water partition coefficient (Wildman–Crippen LogP) is 1.45. The van der Waals surface area contributed by atoms with Gasteiger partial charge in [0.2, 0.25) is 10.0 Å².